The van der Waals surface area contributed by atoms with Gasteiger partial charge >= 0.3 is 0 Å². The first-order valence-electron chi connectivity index (χ1n) is 5.29. The highest BCUT2D eigenvalue weighted by Crippen LogP contribution is 2.10. The smallest absolute Gasteiger partial charge is 0.0991 e. The van der Waals surface area contributed by atoms with E-state index >= 15 is 0 Å². The van der Waals surface area contributed by atoms with Crippen LogP contribution in [0.25, 0.3) is 11.8 Å². The van der Waals surface area contributed by atoms with Gasteiger partial charge in [0.1, 0.15) is 0 Å². The number of nitrogens with one attached hydrogen (secondary N) is 1. The van der Waals surface area contributed by atoms with Crippen LogP contribution in [-0.4, -0.2) is 23.1 Å². The molecule has 0 spiro atoms. The van der Waals surface area contributed by atoms with Gasteiger partial charge in [-0.15, -0.1) is 0 Å². The summed E-state index contributed by atoms with van der Waals surface area (Å²) in [5.41, 5.74) is 2.34. The van der Waals surface area contributed by atoms with Gasteiger partial charge in [-0.05, 0) is 24.7 Å². The van der Waals surface area contributed by atoms with Crippen LogP contribution in [0.5, 0.6) is 0 Å². The fourth-order valence-electron chi connectivity index (χ4n) is 1.48. The minimum absolute atomic E-state index is 0.892. The average molecular weight is 213 g/mol. The summed E-state index contributed by atoms with van der Waals surface area (Å²) in [5.74, 6) is 0. The number of likely N-dealkylation sites (N-methyl/N-ethyl adjacent to an activating group) is 1. The molecule has 0 aliphatic carbocycles. The largest absolute Gasteiger partial charge is 0.316 e. The molecule has 0 atom stereocenters. The minimum Gasteiger partial charge on any atom is -0.316 e. The summed E-state index contributed by atoms with van der Waals surface area (Å²) in [6, 6.07) is 8.37. The van der Waals surface area contributed by atoms with Gasteiger partial charge in [-0.1, -0.05) is 24.3 Å². The van der Waals surface area contributed by atoms with Crippen molar-refractivity contribution in [2.45, 2.75) is 0 Å². The van der Waals surface area contributed by atoms with Crippen molar-refractivity contribution in [3.8, 4) is 5.69 Å². The van der Waals surface area contributed by atoms with E-state index in [1.165, 1.54) is 5.56 Å². The van der Waals surface area contributed by atoms with Crippen LogP contribution in [0.15, 0.2) is 49.1 Å². The van der Waals surface area contributed by atoms with E-state index in [1.807, 2.05) is 17.8 Å². The first-order valence-corrected chi connectivity index (χ1v) is 5.29. The zero-order valence-corrected chi connectivity index (χ0v) is 9.30. The normalized spacial score (nSPS) is 11.1. The molecule has 1 aromatic carbocycles. The maximum atomic E-state index is 4.02. The van der Waals surface area contributed by atoms with Crippen molar-refractivity contribution in [2.75, 3.05) is 13.6 Å². The van der Waals surface area contributed by atoms with Crippen LogP contribution in [-0.2, 0) is 0 Å². The quantitative estimate of drug-likeness (QED) is 0.843. The molecule has 82 valence electrons. The van der Waals surface area contributed by atoms with Crippen molar-refractivity contribution in [2.24, 2.45) is 0 Å². The molecule has 0 aliphatic rings. The Morgan fingerprint density at radius 1 is 1.31 bits per heavy atom. The molecular formula is C13H15N3. The van der Waals surface area contributed by atoms with E-state index in [4.69, 9.17) is 0 Å². The maximum absolute atomic E-state index is 4.02. The SMILES string of the molecule is CNCC=Cc1ccc(-n2ccnc2)cc1. The zero-order valence-electron chi connectivity index (χ0n) is 9.30. The van der Waals surface area contributed by atoms with Crippen molar-refractivity contribution in [1.29, 1.82) is 0 Å². The van der Waals surface area contributed by atoms with E-state index in [0.29, 0.717) is 0 Å². The second-order valence-electron chi connectivity index (χ2n) is 3.52. The van der Waals surface area contributed by atoms with Gasteiger partial charge < -0.3 is 9.88 Å². The molecule has 16 heavy (non-hydrogen) atoms. The third-order valence-corrected chi connectivity index (χ3v) is 2.33. The second kappa shape index (κ2) is 5.28. The molecule has 0 aliphatic heterocycles. The predicted molar refractivity (Wildman–Crippen MR) is 66.5 cm³/mol. The van der Waals surface area contributed by atoms with Crippen molar-refractivity contribution >= 4 is 6.08 Å². The molecule has 3 heteroatoms. The van der Waals surface area contributed by atoms with E-state index in [0.717, 1.165) is 12.2 Å². The van der Waals surface area contributed by atoms with Gasteiger partial charge in [0, 0.05) is 24.6 Å². The average Bonchev–Trinajstić information content (AvgIpc) is 2.84. The third kappa shape index (κ3) is 2.58. The summed E-state index contributed by atoms with van der Waals surface area (Å²) in [6.45, 7) is 0.892. The van der Waals surface area contributed by atoms with Gasteiger partial charge in [0.15, 0.2) is 0 Å². The Morgan fingerprint density at radius 2 is 2.12 bits per heavy atom. The maximum Gasteiger partial charge on any atom is 0.0991 e. The Labute approximate surface area is 95.4 Å². The van der Waals surface area contributed by atoms with E-state index in [1.54, 1.807) is 12.5 Å². The van der Waals surface area contributed by atoms with E-state index < -0.39 is 0 Å². The van der Waals surface area contributed by atoms with Gasteiger partial charge in [0.25, 0.3) is 0 Å². The van der Waals surface area contributed by atoms with Crippen LogP contribution in [0, 0.1) is 0 Å². The lowest BCUT2D eigenvalue weighted by molar-refractivity contribution is 0.922. The van der Waals surface area contributed by atoms with Crippen LogP contribution in [0.1, 0.15) is 5.56 Å². The molecule has 0 unspecified atom stereocenters. The number of rotatable bonds is 4. The summed E-state index contributed by atoms with van der Waals surface area (Å²) in [6.07, 6.45) is 9.72. The number of hydrogen-bond acceptors (Lipinski definition) is 2. The minimum atomic E-state index is 0.892. The van der Waals surface area contributed by atoms with Gasteiger partial charge in [0.2, 0.25) is 0 Å². The summed E-state index contributed by atoms with van der Waals surface area (Å²) in [7, 11) is 1.94. The highest BCUT2D eigenvalue weighted by molar-refractivity contribution is 5.51. The first kappa shape index (κ1) is 10.6. The molecule has 0 amide bonds. The Bertz CT molecular complexity index is 441. The van der Waals surface area contributed by atoms with Crippen molar-refractivity contribution in [3.05, 3.63) is 54.6 Å². The summed E-state index contributed by atoms with van der Waals surface area (Å²) in [4.78, 5) is 4.02. The van der Waals surface area contributed by atoms with Gasteiger partial charge in [0.05, 0.1) is 6.33 Å². The Kier molecular flexibility index (Phi) is 3.51. The number of imidazole rings is 1. The van der Waals surface area contributed by atoms with Crippen molar-refractivity contribution < 1.29 is 0 Å². The predicted octanol–water partition coefficient (Wildman–Crippen LogP) is 2.10. The van der Waals surface area contributed by atoms with Crippen LogP contribution >= 0.6 is 0 Å². The Hall–Kier alpha value is -1.87. The Balaban J connectivity index is 2.11. The fourth-order valence-corrected chi connectivity index (χ4v) is 1.48. The third-order valence-electron chi connectivity index (χ3n) is 2.33. The molecule has 0 bridgehead atoms. The van der Waals surface area contributed by atoms with Gasteiger partial charge in [-0.25, -0.2) is 4.98 Å². The fraction of sp³-hybridized carbons (Fsp3) is 0.154. The van der Waals surface area contributed by atoms with E-state index in [9.17, 15) is 0 Å². The number of nitrogens with zero attached hydrogens (tertiary/aromatic N) is 2. The van der Waals surface area contributed by atoms with E-state index in [-0.39, 0.29) is 0 Å². The molecule has 3 nitrogen and oxygen atoms in total. The molecule has 1 N–H and O–H groups in total. The first-order chi connectivity index (χ1) is 7.90. The molecule has 2 aromatic rings. The molecular weight excluding hydrogens is 198 g/mol. The Morgan fingerprint density at radius 3 is 2.75 bits per heavy atom. The molecule has 1 heterocycles. The number of hydrogen-bond donors (Lipinski definition) is 1. The van der Waals surface area contributed by atoms with Gasteiger partial charge in [-0.3, -0.25) is 0 Å². The lowest BCUT2D eigenvalue weighted by Crippen LogP contribution is -2.03. The van der Waals surface area contributed by atoms with Crippen LogP contribution in [0.4, 0.5) is 0 Å². The second-order valence-corrected chi connectivity index (χ2v) is 3.52. The highest BCUT2D eigenvalue weighted by Gasteiger charge is 1.93. The van der Waals surface area contributed by atoms with Crippen molar-refractivity contribution in [3.63, 3.8) is 0 Å². The van der Waals surface area contributed by atoms with E-state index in [2.05, 4.69) is 46.7 Å². The summed E-state index contributed by atoms with van der Waals surface area (Å²) in [5, 5.41) is 3.07. The number of aromatic nitrogens is 2. The standard InChI is InChI=1S/C13H15N3/c1-14-8-2-3-12-4-6-13(7-5-12)16-10-9-15-11-16/h2-7,9-11,14H,8H2,1H3. The lowest BCUT2D eigenvalue weighted by Gasteiger charge is -2.01. The molecule has 0 saturated carbocycles. The molecule has 1 aromatic heterocycles. The van der Waals surface area contributed by atoms with Crippen LogP contribution in [0.3, 0.4) is 0 Å². The zero-order chi connectivity index (χ0) is 11.2. The van der Waals surface area contributed by atoms with Gasteiger partial charge in [-0.2, -0.15) is 0 Å². The molecule has 0 radical (unpaired) electrons. The van der Waals surface area contributed by atoms with Crippen LogP contribution < -0.4 is 5.32 Å². The topological polar surface area (TPSA) is 29.9 Å². The van der Waals surface area contributed by atoms with Crippen LogP contribution in [0.2, 0.25) is 0 Å². The monoisotopic (exact) mass is 213 g/mol. The molecule has 0 saturated heterocycles. The summed E-state index contributed by atoms with van der Waals surface area (Å²) >= 11 is 0. The molecule has 0 fully saturated rings. The highest BCUT2D eigenvalue weighted by atomic mass is 15.0. The summed E-state index contributed by atoms with van der Waals surface area (Å²) < 4.78 is 1.99. The number of benzene rings is 1. The van der Waals surface area contributed by atoms with Crippen molar-refractivity contribution in [1.82, 2.24) is 14.9 Å². The molecule has 2 rings (SSSR count). The lowest BCUT2D eigenvalue weighted by atomic mass is 10.2.